The van der Waals surface area contributed by atoms with Crippen LogP contribution < -0.4 is 5.32 Å². The first kappa shape index (κ1) is 62.8. The summed E-state index contributed by atoms with van der Waals surface area (Å²) in [5.41, 5.74) is -0.0498. The molecule has 0 spiro atoms. The monoisotopic (exact) mass is 1200 g/mol. The highest BCUT2D eigenvalue weighted by molar-refractivity contribution is 6.42. The van der Waals surface area contributed by atoms with Crippen molar-refractivity contribution < 1.29 is 54.3 Å². The summed E-state index contributed by atoms with van der Waals surface area (Å²) in [6, 6.07) is 16.3. The van der Waals surface area contributed by atoms with E-state index in [0.29, 0.717) is 83.6 Å². The molecule has 4 amide bonds. The van der Waals surface area contributed by atoms with Crippen molar-refractivity contribution in [3.63, 3.8) is 0 Å². The maximum atomic E-state index is 14.3. The minimum Gasteiger partial charge on any atom is -0.352 e. The molecule has 4 aromatic rings. The third-order valence-corrected chi connectivity index (χ3v) is 17.2. The Kier molecular flexibility index (Phi) is 20.9. The molecule has 4 fully saturated rings. The summed E-state index contributed by atoms with van der Waals surface area (Å²) in [6.07, 6.45) is -7.17. The second kappa shape index (κ2) is 26.6. The molecule has 4 heterocycles. The van der Waals surface area contributed by atoms with Crippen molar-refractivity contribution in [2.45, 2.75) is 94.6 Å². The number of rotatable bonds is 14. The van der Waals surface area contributed by atoms with Gasteiger partial charge in [0.1, 0.15) is 11.6 Å². The topological polar surface area (TPSA) is 103 Å². The van der Waals surface area contributed by atoms with Crippen molar-refractivity contribution in [3.8, 4) is 0 Å². The van der Waals surface area contributed by atoms with E-state index >= 15 is 0 Å². The highest BCUT2D eigenvalue weighted by Crippen LogP contribution is 2.39. The quantitative estimate of drug-likeness (QED) is 0.125. The van der Waals surface area contributed by atoms with E-state index < -0.39 is 35.1 Å². The van der Waals surface area contributed by atoms with Crippen LogP contribution in [0.3, 0.4) is 0 Å². The predicted octanol–water partition coefficient (Wildman–Crippen LogP) is 10.3. The maximum absolute atomic E-state index is 14.3. The Morgan fingerprint density at radius 1 is 0.562 bits per heavy atom. The van der Waals surface area contributed by atoms with E-state index in [4.69, 9.17) is 46.4 Å². The molecule has 0 bridgehead atoms. The van der Waals surface area contributed by atoms with E-state index in [0.717, 1.165) is 54.7 Å². The molecule has 12 nitrogen and oxygen atoms in total. The van der Waals surface area contributed by atoms with Gasteiger partial charge in [-0.3, -0.25) is 38.8 Å². The lowest BCUT2D eigenvalue weighted by Crippen LogP contribution is -2.48. The van der Waals surface area contributed by atoms with E-state index in [1.807, 2.05) is 33.9 Å². The van der Waals surface area contributed by atoms with Crippen molar-refractivity contribution in [2.24, 2.45) is 0 Å². The fraction of sp³-hybridized carbons (Fsp3) is 0.500. The number of likely N-dealkylation sites (N-methyl/N-ethyl adjacent to an activating group) is 2. The first-order chi connectivity index (χ1) is 37.6. The van der Waals surface area contributed by atoms with Gasteiger partial charge in [0.05, 0.1) is 44.3 Å². The first-order valence-corrected chi connectivity index (χ1v) is 27.6. The summed E-state index contributed by atoms with van der Waals surface area (Å²) >= 11 is 24.8. The molecule has 4 aliphatic rings. The average Bonchev–Trinajstić information content (AvgIpc) is 4.23. The van der Waals surface area contributed by atoms with Crippen LogP contribution in [0.4, 0.5) is 35.1 Å². The van der Waals surface area contributed by atoms with Crippen LogP contribution in [0.2, 0.25) is 20.1 Å². The van der Waals surface area contributed by atoms with Gasteiger partial charge in [-0.1, -0.05) is 70.7 Å². The molecule has 5 atom stereocenters. The van der Waals surface area contributed by atoms with E-state index in [-0.39, 0.29) is 85.8 Å². The second-order valence-electron chi connectivity index (χ2n) is 21.3. The molecule has 4 saturated heterocycles. The van der Waals surface area contributed by atoms with Crippen LogP contribution in [0.1, 0.15) is 78.3 Å². The lowest BCUT2D eigenvalue weighted by Gasteiger charge is -2.36. The van der Waals surface area contributed by atoms with Crippen LogP contribution in [-0.2, 0) is 44.6 Å². The molecule has 1 N–H and O–H groups in total. The van der Waals surface area contributed by atoms with Gasteiger partial charge in [0, 0.05) is 122 Å². The molecule has 4 aromatic carbocycles. The van der Waals surface area contributed by atoms with E-state index in [2.05, 4.69) is 10.2 Å². The molecule has 8 rings (SSSR count). The zero-order valence-corrected chi connectivity index (χ0v) is 47.8. The number of benzene rings is 4. The van der Waals surface area contributed by atoms with Gasteiger partial charge in [-0.15, -0.1) is 0 Å². The first-order valence-electron chi connectivity index (χ1n) is 26.1. The number of nitrogens with zero attached hydrogens (tertiary/aromatic N) is 7. The van der Waals surface area contributed by atoms with Gasteiger partial charge in [-0.05, 0) is 104 Å². The maximum Gasteiger partial charge on any atom is 0.419 e. The van der Waals surface area contributed by atoms with Gasteiger partial charge in [-0.2, -0.15) is 26.3 Å². The van der Waals surface area contributed by atoms with Gasteiger partial charge in [0.25, 0.3) is 0 Å². The van der Waals surface area contributed by atoms with Gasteiger partial charge in [0.2, 0.25) is 23.6 Å². The van der Waals surface area contributed by atoms with Crippen LogP contribution in [0.25, 0.3) is 0 Å². The molecule has 0 radical (unpaired) electrons. The Morgan fingerprint density at radius 2 is 0.988 bits per heavy atom. The van der Waals surface area contributed by atoms with Gasteiger partial charge >= 0.3 is 12.4 Å². The number of hydrogen-bond acceptors (Lipinski definition) is 8. The molecule has 0 saturated carbocycles. The Morgan fingerprint density at radius 3 is 1.38 bits per heavy atom. The summed E-state index contributed by atoms with van der Waals surface area (Å²) in [4.78, 5) is 63.1. The lowest BCUT2D eigenvalue weighted by atomic mass is 9.93. The SMILES string of the molecule is CC(=O)N(C)C1CCN(CC(=O)N2CC(c3ccc(Cl)c(Cl)c3)C(N(C)Cc3ccc(C(F)(F)F)c(F)c3)C2)CC1.CC(=O)N[C@H]1CCN(CC(=O)N2CC(c3ccc(Cl)c(Cl)c3)C(N(C)Cc3ccc(C(F)(F)F)c(F)c3)C2)C1. The number of piperidine rings is 1. The number of halogens is 12. The van der Waals surface area contributed by atoms with Crippen molar-refractivity contribution in [2.75, 3.05) is 86.6 Å². The summed E-state index contributed by atoms with van der Waals surface area (Å²) < 4.78 is 107. The van der Waals surface area contributed by atoms with E-state index in [1.54, 1.807) is 60.0 Å². The van der Waals surface area contributed by atoms with E-state index in [1.165, 1.54) is 19.1 Å². The zero-order chi connectivity index (χ0) is 58.5. The van der Waals surface area contributed by atoms with Crippen molar-refractivity contribution in [1.82, 2.24) is 39.6 Å². The van der Waals surface area contributed by atoms with Crippen LogP contribution in [-0.4, -0.2) is 169 Å². The van der Waals surface area contributed by atoms with Crippen molar-refractivity contribution in [1.29, 1.82) is 0 Å². The average molecular weight is 1210 g/mol. The molecule has 0 aliphatic carbocycles. The Hall–Kier alpha value is -4.80. The largest absolute Gasteiger partial charge is 0.419 e. The number of hydrogen-bond donors (Lipinski definition) is 1. The number of carbonyl (C=O) groups excluding carboxylic acids is 4. The van der Waals surface area contributed by atoms with Crippen LogP contribution >= 0.6 is 46.4 Å². The standard InChI is InChI=1S/C29H34Cl2F4N4O2.C27H30Cl2F4N4O2/c1-18(40)37(3)21-8-10-38(11-9-21)17-28(41)39-15-22(20-5-7-24(30)25(31)13-20)27(16-39)36(2)14-19-4-6-23(26(32)12-19)29(33,34)35;1-16(38)34-19-7-8-36(12-19)15-26(39)37-13-20(18-4-6-22(28)23(29)10-18)25(14-37)35(2)11-17-3-5-21(24(30)9-17)27(31,32)33/h4-7,12-13,21-22,27H,8-11,14-17H2,1-3H3;3-6,9-10,19-20,25H,7-8,11-15H2,1-2H3,(H,34,38)/t;19-,20?,25?/m.0/s1. The lowest BCUT2D eigenvalue weighted by molar-refractivity contribution is -0.140. The van der Waals surface area contributed by atoms with Crippen LogP contribution in [0.15, 0.2) is 72.8 Å². The summed E-state index contributed by atoms with van der Waals surface area (Å²) in [5, 5.41) is 4.47. The minimum atomic E-state index is -4.77. The minimum absolute atomic E-state index is 0.0147. The van der Waals surface area contributed by atoms with Crippen LogP contribution in [0, 0.1) is 11.6 Å². The summed E-state index contributed by atoms with van der Waals surface area (Å²) in [5.74, 6) is -3.08. The number of likely N-dealkylation sites (tertiary alicyclic amines) is 4. The van der Waals surface area contributed by atoms with Crippen LogP contribution in [0.5, 0.6) is 0 Å². The van der Waals surface area contributed by atoms with Crippen molar-refractivity contribution >= 4 is 70.0 Å². The molecule has 4 unspecified atom stereocenters. The highest BCUT2D eigenvalue weighted by atomic mass is 35.5. The smallest absolute Gasteiger partial charge is 0.352 e. The Labute approximate surface area is 480 Å². The summed E-state index contributed by atoms with van der Waals surface area (Å²) in [7, 11) is 5.42. The van der Waals surface area contributed by atoms with E-state index in [9.17, 15) is 54.3 Å². The number of alkyl halides is 6. The zero-order valence-electron chi connectivity index (χ0n) is 44.8. The highest BCUT2D eigenvalue weighted by Gasteiger charge is 2.42. The fourth-order valence-electron chi connectivity index (χ4n) is 11.3. The molecule has 24 heteroatoms. The number of amides is 4. The molecular weight excluding hydrogens is 1140 g/mol. The normalized spacial score (nSPS) is 21.3. The Balaban J connectivity index is 0.000000231. The number of carbonyl (C=O) groups is 4. The van der Waals surface area contributed by atoms with Gasteiger partial charge in [-0.25, -0.2) is 8.78 Å². The predicted molar refractivity (Wildman–Crippen MR) is 291 cm³/mol. The Bertz CT molecular complexity index is 2880. The summed E-state index contributed by atoms with van der Waals surface area (Å²) in [6.45, 7) is 8.19. The third kappa shape index (κ3) is 16.0. The fourth-order valence-corrected chi connectivity index (χ4v) is 11.9. The van der Waals surface area contributed by atoms with Crippen molar-refractivity contribution in [3.05, 3.63) is 138 Å². The molecule has 0 aromatic heterocycles. The third-order valence-electron chi connectivity index (χ3n) is 15.7. The molecular formula is C56H64Cl4F8N8O4. The van der Waals surface area contributed by atoms with Gasteiger partial charge in [0.15, 0.2) is 0 Å². The molecule has 80 heavy (non-hydrogen) atoms. The second-order valence-corrected chi connectivity index (χ2v) is 22.9. The molecule has 4 aliphatic heterocycles. The number of nitrogens with one attached hydrogen (secondary N) is 1. The van der Waals surface area contributed by atoms with Gasteiger partial charge < -0.3 is 20.0 Å². The molecule has 436 valence electrons.